The van der Waals surface area contributed by atoms with Gasteiger partial charge in [0.1, 0.15) is 22.6 Å². The predicted octanol–water partition coefficient (Wildman–Crippen LogP) is 3.85. The summed E-state index contributed by atoms with van der Waals surface area (Å²) in [5.41, 5.74) is 0.678. The molecule has 1 aromatic heterocycles. The summed E-state index contributed by atoms with van der Waals surface area (Å²) in [6.07, 6.45) is 6.76. The van der Waals surface area contributed by atoms with Gasteiger partial charge in [0.05, 0.1) is 12.1 Å². The van der Waals surface area contributed by atoms with Crippen molar-refractivity contribution in [3.8, 4) is 0 Å². The number of aromatic nitrogens is 1. The van der Waals surface area contributed by atoms with E-state index in [0.717, 1.165) is 50.0 Å². The second-order valence-corrected chi connectivity index (χ2v) is 10.4. The monoisotopic (exact) mass is 500 g/mol. The number of halogens is 1. The van der Waals surface area contributed by atoms with Crippen molar-refractivity contribution in [2.45, 2.75) is 70.0 Å². The molecule has 9 heteroatoms. The molecule has 0 spiro atoms. The lowest BCUT2D eigenvalue weighted by Gasteiger charge is -2.35. The Morgan fingerprint density at radius 3 is 2.49 bits per heavy atom. The van der Waals surface area contributed by atoms with E-state index in [0.29, 0.717) is 17.8 Å². The molecule has 2 amide bonds. The third-order valence-electron chi connectivity index (χ3n) is 7.19. The summed E-state index contributed by atoms with van der Waals surface area (Å²) in [5.74, 6) is -0.773. The largest absolute Gasteiger partial charge is 0.343 e. The van der Waals surface area contributed by atoms with E-state index >= 15 is 0 Å². The standard InChI is InChI=1S/C26H33FN4O3S/c1-16(28-2)24(33)30-22(17-7-4-3-5-8-17)26(34)31-14-6-9-21(31)25-29-20(15-35-25)23(32)18-10-12-19(27)13-11-18/h10-13,15-17,21-22,28H,3-9,14H2,1-2H3,(H,30,33)/t16?,21?,22-/m0/s1. The second kappa shape index (κ2) is 11.4. The number of ketones is 1. The van der Waals surface area contributed by atoms with Gasteiger partial charge in [-0.1, -0.05) is 19.3 Å². The zero-order valence-electron chi connectivity index (χ0n) is 20.3. The minimum atomic E-state index is -0.556. The summed E-state index contributed by atoms with van der Waals surface area (Å²) in [4.78, 5) is 45.8. The number of amides is 2. The lowest BCUT2D eigenvalue weighted by atomic mass is 9.83. The highest BCUT2D eigenvalue weighted by molar-refractivity contribution is 7.10. The van der Waals surface area contributed by atoms with E-state index < -0.39 is 11.9 Å². The van der Waals surface area contributed by atoms with Crippen LogP contribution >= 0.6 is 11.3 Å². The van der Waals surface area contributed by atoms with E-state index in [-0.39, 0.29) is 35.6 Å². The molecule has 2 unspecified atom stereocenters. The van der Waals surface area contributed by atoms with Gasteiger partial charge in [-0.25, -0.2) is 9.37 Å². The number of thiazole rings is 1. The zero-order chi connectivity index (χ0) is 24.9. The normalized spacial score (nSPS) is 20.4. The van der Waals surface area contributed by atoms with E-state index in [1.807, 2.05) is 4.90 Å². The number of hydrogen-bond donors (Lipinski definition) is 2. The number of carbonyl (C=O) groups excluding carboxylic acids is 3. The first-order valence-corrected chi connectivity index (χ1v) is 13.3. The molecule has 2 N–H and O–H groups in total. The van der Waals surface area contributed by atoms with Crippen molar-refractivity contribution >= 4 is 28.9 Å². The van der Waals surface area contributed by atoms with Crippen molar-refractivity contribution in [2.75, 3.05) is 13.6 Å². The van der Waals surface area contributed by atoms with Gasteiger partial charge in [0.2, 0.25) is 17.6 Å². The average Bonchev–Trinajstić information content (AvgIpc) is 3.56. The van der Waals surface area contributed by atoms with Gasteiger partial charge >= 0.3 is 0 Å². The van der Waals surface area contributed by atoms with Crippen molar-refractivity contribution in [1.82, 2.24) is 20.5 Å². The van der Waals surface area contributed by atoms with Gasteiger partial charge < -0.3 is 15.5 Å². The first kappa shape index (κ1) is 25.4. The molecule has 2 aliphatic rings. The van der Waals surface area contributed by atoms with Crippen molar-refractivity contribution in [2.24, 2.45) is 5.92 Å². The van der Waals surface area contributed by atoms with E-state index in [4.69, 9.17) is 0 Å². The molecule has 1 saturated heterocycles. The highest BCUT2D eigenvalue weighted by Crippen LogP contribution is 2.36. The first-order chi connectivity index (χ1) is 16.9. The number of hydrogen-bond acceptors (Lipinski definition) is 6. The molecule has 2 aromatic rings. The summed E-state index contributed by atoms with van der Waals surface area (Å²) in [5, 5.41) is 8.42. The predicted molar refractivity (Wildman–Crippen MR) is 133 cm³/mol. The van der Waals surface area contributed by atoms with Crippen molar-refractivity contribution in [3.05, 3.63) is 51.7 Å². The topological polar surface area (TPSA) is 91.4 Å². The van der Waals surface area contributed by atoms with Crippen LogP contribution in [0.5, 0.6) is 0 Å². The third kappa shape index (κ3) is 5.78. The van der Waals surface area contributed by atoms with Crippen molar-refractivity contribution in [1.29, 1.82) is 0 Å². The number of rotatable bonds is 8. The molecule has 2 heterocycles. The summed E-state index contributed by atoms with van der Waals surface area (Å²) in [7, 11) is 1.73. The maximum atomic E-state index is 13.8. The van der Waals surface area contributed by atoms with Gasteiger partial charge in [-0.15, -0.1) is 11.3 Å². The molecule has 2 fully saturated rings. The lowest BCUT2D eigenvalue weighted by Crippen LogP contribution is -2.55. The molecule has 0 bridgehead atoms. The van der Waals surface area contributed by atoms with Gasteiger partial charge in [0.15, 0.2) is 0 Å². The Balaban J connectivity index is 1.53. The second-order valence-electron chi connectivity index (χ2n) is 9.49. The summed E-state index contributed by atoms with van der Waals surface area (Å²) in [6.45, 7) is 2.39. The number of likely N-dealkylation sites (tertiary alicyclic amines) is 1. The Hall–Kier alpha value is -2.65. The number of nitrogens with one attached hydrogen (secondary N) is 2. The number of likely N-dealkylation sites (N-methyl/N-ethyl adjacent to an activating group) is 1. The van der Waals surface area contributed by atoms with Crippen LogP contribution in [0.15, 0.2) is 29.6 Å². The molecule has 0 radical (unpaired) electrons. The van der Waals surface area contributed by atoms with Gasteiger partial charge in [-0.2, -0.15) is 0 Å². The highest BCUT2D eigenvalue weighted by Gasteiger charge is 2.40. The lowest BCUT2D eigenvalue weighted by molar-refractivity contribution is -0.139. The fourth-order valence-electron chi connectivity index (χ4n) is 5.02. The summed E-state index contributed by atoms with van der Waals surface area (Å²) < 4.78 is 13.2. The molecule has 1 aliphatic carbocycles. The van der Waals surface area contributed by atoms with Crippen LogP contribution < -0.4 is 10.6 Å². The quantitative estimate of drug-likeness (QED) is 0.538. The van der Waals surface area contributed by atoms with Crippen LogP contribution in [-0.4, -0.2) is 53.2 Å². The maximum absolute atomic E-state index is 13.8. The Morgan fingerprint density at radius 2 is 1.80 bits per heavy atom. The average molecular weight is 501 g/mol. The Morgan fingerprint density at radius 1 is 1.09 bits per heavy atom. The van der Waals surface area contributed by atoms with Crippen LogP contribution in [0.3, 0.4) is 0 Å². The molecule has 7 nitrogen and oxygen atoms in total. The van der Waals surface area contributed by atoms with E-state index in [9.17, 15) is 18.8 Å². The Labute approximate surface area is 209 Å². The minimum absolute atomic E-state index is 0.0577. The fraction of sp³-hybridized carbons (Fsp3) is 0.538. The SMILES string of the molecule is CNC(C)C(=O)N[C@H](C(=O)N1CCCC1c1nc(C(=O)c2ccc(F)cc2)cs1)C1CCCCC1. The Kier molecular flexibility index (Phi) is 8.28. The minimum Gasteiger partial charge on any atom is -0.343 e. The Bertz CT molecular complexity index is 1050. The summed E-state index contributed by atoms with van der Waals surface area (Å²) >= 11 is 1.37. The smallest absolute Gasteiger partial charge is 0.246 e. The number of nitrogens with zero attached hydrogens (tertiary/aromatic N) is 2. The molecule has 4 rings (SSSR count). The molecule has 1 aromatic carbocycles. The molecule has 1 saturated carbocycles. The molecule has 1 aliphatic heterocycles. The van der Waals surface area contributed by atoms with Crippen LogP contribution in [0.4, 0.5) is 4.39 Å². The molecule has 188 valence electrons. The molecular weight excluding hydrogens is 467 g/mol. The number of carbonyl (C=O) groups is 3. The van der Waals surface area contributed by atoms with Crippen LogP contribution in [-0.2, 0) is 9.59 Å². The van der Waals surface area contributed by atoms with Gasteiger partial charge in [0.25, 0.3) is 0 Å². The van der Waals surface area contributed by atoms with Gasteiger partial charge in [0, 0.05) is 17.5 Å². The maximum Gasteiger partial charge on any atom is 0.246 e. The number of benzene rings is 1. The van der Waals surface area contributed by atoms with E-state index in [2.05, 4.69) is 15.6 Å². The van der Waals surface area contributed by atoms with Crippen molar-refractivity contribution < 1.29 is 18.8 Å². The highest BCUT2D eigenvalue weighted by atomic mass is 32.1. The fourth-order valence-corrected chi connectivity index (χ4v) is 5.96. The van der Waals surface area contributed by atoms with Crippen LogP contribution in [0, 0.1) is 11.7 Å². The van der Waals surface area contributed by atoms with Crippen LogP contribution in [0.25, 0.3) is 0 Å². The molecule has 3 atom stereocenters. The van der Waals surface area contributed by atoms with Crippen LogP contribution in [0.1, 0.15) is 79.0 Å². The molecule has 35 heavy (non-hydrogen) atoms. The van der Waals surface area contributed by atoms with Gasteiger partial charge in [-0.3, -0.25) is 14.4 Å². The zero-order valence-corrected chi connectivity index (χ0v) is 21.1. The van der Waals surface area contributed by atoms with E-state index in [1.54, 1.807) is 19.4 Å². The van der Waals surface area contributed by atoms with E-state index in [1.165, 1.54) is 35.6 Å². The molecular formula is C26H33FN4O3S. The first-order valence-electron chi connectivity index (χ1n) is 12.4. The third-order valence-corrected chi connectivity index (χ3v) is 8.14. The summed E-state index contributed by atoms with van der Waals surface area (Å²) in [6, 6.07) is 4.25. The van der Waals surface area contributed by atoms with Crippen molar-refractivity contribution in [3.63, 3.8) is 0 Å². The van der Waals surface area contributed by atoms with Crippen LogP contribution in [0.2, 0.25) is 0 Å². The van der Waals surface area contributed by atoms with Gasteiger partial charge in [-0.05, 0) is 69.8 Å².